The average molecular weight is 416 g/mol. The van der Waals surface area contributed by atoms with E-state index < -0.39 is 23.4 Å². The smallest absolute Gasteiger partial charge is 0.350 e. The number of nitrogens with zero attached hydrogens (tertiary/aromatic N) is 4. The van der Waals surface area contributed by atoms with Gasteiger partial charge in [-0.1, -0.05) is 29.8 Å². The van der Waals surface area contributed by atoms with Crippen LogP contribution < -0.4 is 15.9 Å². The van der Waals surface area contributed by atoms with Crippen LogP contribution in [-0.4, -0.2) is 26.3 Å². The summed E-state index contributed by atoms with van der Waals surface area (Å²) in [5.74, 6) is -0.684. The van der Waals surface area contributed by atoms with Gasteiger partial charge < -0.3 is 5.32 Å². The SMILES string of the molecule is O=C(Cn1c(=O)nc2n1C(=O)N(c1ccc(F)cc1)C2)NCc1ccccc1Cl. The van der Waals surface area contributed by atoms with E-state index in [0.717, 1.165) is 14.9 Å². The van der Waals surface area contributed by atoms with Crippen molar-refractivity contribution in [1.82, 2.24) is 19.7 Å². The van der Waals surface area contributed by atoms with Gasteiger partial charge in [0, 0.05) is 17.3 Å². The van der Waals surface area contributed by atoms with Crippen LogP contribution in [-0.2, 0) is 24.4 Å². The lowest BCUT2D eigenvalue weighted by Crippen LogP contribution is -2.38. The Morgan fingerprint density at radius 3 is 2.59 bits per heavy atom. The lowest BCUT2D eigenvalue weighted by atomic mass is 10.2. The molecule has 2 amide bonds. The minimum Gasteiger partial charge on any atom is -0.350 e. The molecule has 0 saturated heterocycles. The predicted octanol–water partition coefficient (Wildman–Crippen LogP) is 2.14. The van der Waals surface area contributed by atoms with Gasteiger partial charge in [0.2, 0.25) is 5.91 Å². The van der Waals surface area contributed by atoms with Crippen LogP contribution in [0.15, 0.2) is 53.3 Å². The highest BCUT2D eigenvalue weighted by Gasteiger charge is 2.33. The first kappa shape index (κ1) is 18.9. The maximum absolute atomic E-state index is 13.1. The van der Waals surface area contributed by atoms with Gasteiger partial charge in [0.15, 0.2) is 5.82 Å². The number of carbonyl (C=O) groups is 2. The zero-order valence-electron chi connectivity index (χ0n) is 15.0. The van der Waals surface area contributed by atoms with E-state index in [1.165, 1.54) is 29.2 Å². The number of hydrogen-bond acceptors (Lipinski definition) is 4. The summed E-state index contributed by atoms with van der Waals surface area (Å²) < 4.78 is 15.2. The number of benzene rings is 2. The van der Waals surface area contributed by atoms with E-state index in [0.29, 0.717) is 10.7 Å². The molecular weight excluding hydrogens is 401 g/mol. The number of amides is 2. The fourth-order valence-electron chi connectivity index (χ4n) is 3.07. The molecule has 0 saturated carbocycles. The molecule has 0 fully saturated rings. The number of halogens is 2. The average Bonchev–Trinajstić information content (AvgIpc) is 3.17. The first-order valence-electron chi connectivity index (χ1n) is 8.70. The van der Waals surface area contributed by atoms with Crippen molar-refractivity contribution >= 4 is 29.2 Å². The zero-order valence-corrected chi connectivity index (χ0v) is 15.8. The first-order valence-corrected chi connectivity index (χ1v) is 9.08. The molecule has 1 aliphatic rings. The maximum Gasteiger partial charge on any atom is 0.365 e. The van der Waals surface area contributed by atoms with Gasteiger partial charge >= 0.3 is 11.7 Å². The van der Waals surface area contributed by atoms with E-state index in [1.807, 2.05) is 0 Å². The van der Waals surface area contributed by atoms with Crippen LogP contribution >= 0.6 is 11.6 Å². The normalized spacial score (nSPS) is 12.9. The van der Waals surface area contributed by atoms with E-state index in [1.54, 1.807) is 24.3 Å². The molecule has 4 rings (SSSR count). The summed E-state index contributed by atoms with van der Waals surface area (Å²) in [6, 6.07) is 11.9. The molecule has 1 aromatic heterocycles. The van der Waals surface area contributed by atoms with Crippen molar-refractivity contribution in [2.45, 2.75) is 19.6 Å². The summed E-state index contributed by atoms with van der Waals surface area (Å²) in [7, 11) is 0. The summed E-state index contributed by atoms with van der Waals surface area (Å²) in [5.41, 5.74) is 0.496. The molecule has 8 nitrogen and oxygen atoms in total. The summed E-state index contributed by atoms with van der Waals surface area (Å²) in [4.78, 5) is 42.4. The molecular formula is C19H15ClFN5O3. The Bertz CT molecular complexity index is 1160. The summed E-state index contributed by atoms with van der Waals surface area (Å²) in [5, 5.41) is 3.18. The van der Waals surface area contributed by atoms with Gasteiger partial charge in [-0.15, -0.1) is 0 Å². The van der Waals surface area contributed by atoms with Gasteiger partial charge in [-0.05, 0) is 35.9 Å². The molecule has 0 bridgehead atoms. The molecule has 10 heteroatoms. The molecule has 0 aliphatic carbocycles. The molecule has 0 atom stereocenters. The van der Waals surface area contributed by atoms with Crippen LogP contribution in [0.1, 0.15) is 11.4 Å². The van der Waals surface area contributed by atoms with Gasteiger partial charge in [-0.2, -0.15) is 9.67 Å². The fraction of sp³-hybridized carbons (Fsp3) is 0.158. The van der Waals surface area contributed by atoms with Gasteiger partial charge in [-0.25, -0.2) is 18.7 Å². The maximum atomic E-state index is 13.1. The van der Waals surface area contributed by atoms with E-state index in [2.05, 4.69) is 10.3 Å². The Hall–Kier alpha value is -3.46. The summed E-state index contributed by atoms with van der Waals surface area (Å²) in [6.07, 6.45) is 0. The Morgan fingerprint density at radius 1 is 1.14 bits per heavy atom. The third-order valence-corrected chi connectivity index (χ3v) is 4.88. The number of hydrogen-bond donors (Lipinski definition) is 1. The van der Waals surface area contributed by atoms with Crippen LogP contribution in [0.3, 0.4) is 0 Å². The fourth-order valence-corrected chi connectivity index (χ4v) is 3.27. The monoisotopic (exact) mass is 415 g/mol. The van der Waals surface area contributed by atoms with Crippen molar-refractivity contribution in [2.75, 3.05) is 4.90 Å². The third kappa shape index (κ3) is 3.64. The number of fused-ring (bicyclic) bond motifs is 1. The van der Waals surface area contributed by atoms with Crippen LogP contribution in [0.4, 0.5) is 14.9 Å². The molecule has 0 radical (unpaired) electrons. The van der Waals surface area contributed by atoms with Gasteiger partial charge in [0.05, 0.1) is 6.54 Å². The molecule has 0 spiro atoms. The second-order valence-electron chi connectivity index (χ2n) is 6.39. The van der Waals surface area contributed by atoms with Gasteiger partial charge in [0.1, 0.15) is 12.4 Å². The lowest BCUT2D eigenvalue weighted by molar-refractivity contribution is -0.122. The second kappa shape index (κ2) is 7.51. The molecule has 2 heterocycles. The molecule has 3 aromatic rings. The lowest BCUT2D eigenvalue weighted by Gasteiger charge is -2.15. The van der Waals surface area contributed by atoms with Crippen LogP contribution in [0.25, 0.3) is 0 Å². The first-order chi connectivity index (χ1) is 13.9. The molecule has 1 N–H and O–H groups in total. The highest BCUT2D eigenvalue weighted by molar-refractivity contribution is 6.31. The summed E-state index contributed by atoms with van der Waals surface area (Å²) in [6.45, 7) is -0.142. The quantitative estimate of drug-likeness (QED) is 0.691. The summed E-state index contributed by atoms with van der Waals surface area (Å²) >= 11 is 6.06. The third-order valence-electron chi connectivity index (χ3n) is 4.51. The highest BCUT2D eigenvalue weighted by Crippen LogP contribution is 2.23. The van der Waals surface area contributed by atoms with Gasteiger partial charge in [-0.3, -0.25) is 9.69 Å². The van der Waals surface area contributed by atoms with E-state index in [4.69, 9.17) is 11.6 Å². The van der Waals surface area contributed by atoms with Crippen molar-refractivity contribution in [1.29, 1.82) is 0 Å². The molecule has 29 heavy (non-hydrogen) atoms. The molecule has 1 aliphatic heterocycles. The van der Waals surface area contributed by atoms with E-state index in [-0.39, 0.29) is 25.5 Å². The Morgan fingerprint density at radius 2 is 1.86 bits per heavy atom. The standard InChI is InChI=1S/C19H15ClFN5O3/c20-15-4-2-1-3-12(15)9-22-17(27)11-25-18(28)23-16-10-24(19(29)26(16)25)14-7-5-13(21)6-8-14/h1-8H,9-11H2,(H,22,27). The van der Waals surface area contributed by atoms with Crippen molar-refractivity contribution in [3.8, 4) is 0 Å². The molecule has 2 aromatic carbocycles. The topological polar surface area (TPSA) is 89.2 Å². The van der Waals surface area contributed by atoms with Crippen molar-refractivity contribution in [3.63, 3.8) is 0 Å². The number of anilines is 1. The minimum absolute atomic E-state index is 0.0496. The zero-order chi connectivity index (χ0) is 20.5. The van der Waals surface area contributed by atoms with Crippen LogP contribution in [0, 0.1) is 5.82 Å². The molecule has 0 unspecified atom stereocenters. The Labute approximate surface area is 169 Å². The number of nitrogens with one attached hydrogen (secondary N) is 1. The second-order valence-corrected chi connectivity index (χ2v) is 6.80. The molecule has 148 valence electrons. The Kier molecular flexibility index (Phi) is 4.89. The van der Waals surface area contributed by atoms with E-state index >= 15 is 0 Å². The van der Waals surface area contributed by atoms with Crippen molar-refractivity contribution in [3.05, 3.63) is 81.2 Å². The van der Waals surface area contributed by atoms with Gasteiger partial charge in [0.25, 0.3) is 0 Å². The van der Waals surface area contributed by atoms with Crippen molar-refractivity contribution < 1.29 is 14.0 Å². The van der Waals surface area contributed by atoms with Crippen LogP contribution in [0.5, 0.6) is 0 Å². The number of carbonyl (C=O) groups excluding carboxylic acids is 2. The predicted molar refractivity (Wildman–Crippen MR) is 103 cm³/mol. The van der Waals surface area contributed by atoms with Crippen LogP contribution in [0.2, 0.25) is 5.02 Å². The number of aromatic nitrogens is 3. The highest BCUT2D eigenvalue weighted by atomic mass is 35.5. The number of rotatable bonds is 5. The van der Waals surface area contributed by atoms with Crippen molar-refractivity contribution in [2.24, 2.45) is 0 Å². The Balaban J connectivity index is 1.50. The minimum atomic E-state index is -0.694. The van der Waals surface area contributed by atoms with E-state index in [9.17, 15) is 18.8 Å². The largest absolute Gasteiger partial charge is 0.365 e.